The highest BCUT2D eigenvalue weighted by molar-refractivity contribution is 5.85. The maximum Gasteiger partial charge on any atom is 0.141 e. The molecule has 0 amide bonds. The van der Waals surface area contributed by atoms with E-state index in [1.165, 1.54) is 17.8 Å². The molecule has 1 saturated heterocycles. The molecule has 7 heteroatoms. The normalized spacial score (nSPS) is 20.3. The van der Waals surface area contributed by atoms with Crippen molar-refractivity contribution >= 4 is 24.8 Å². The summed E-state index contributed by atoms with van der Waals surface area (Å²) in [6.07, 6.45) is 4.67. The van der Waals surface area contributed by atoms with Gasteiger partial charge < -0.3 is 15.2 Å². The van der Waals surface area contributed by atoms with Crippen molar-refractivity contribution in [3.8, 4) is 5.75 Å². The molecule has 1 aliphatic heterocycles. The standard InChI is InChI=1S/C18H21FN2O2.2ClH/c1-23-16-5-2-12(3-6-16)8-15-4-7-17(21-15)18(22)13-9-14(19)11-20-10-13;;/h2-3,5-6,9-11,15,17-18,21-22H,4,7-8H2,1H3;2*1H/t15-,17+,18+;;/m0../s1. The van der Waals surface area contributed by atoms with Gasteiger partial charge in [-0.15, -0.1) is 24.8 Å². The summed E-state index contributed by atoms with van der Waals surface area (Å²) in [7, 11) is 1.65. The highest BCUT2D eigenvalue weighted by atomic mass is 35.5. The number of benzene rings is 1. The molecule has 0 unspecified atom stereocenters. The Balaban J connectivity index is 0.00000156. The third kappa shape index (κ3) is 5.54. The van der Waals surface area contributed by atoms with E-state index >= 15 is 0 Å². The molecule has 3 atom stereocenters. The average molecular weight is 389 g/mol. The van der Waals surface area contributed by atoms with Gasteiger partial charge in [-0.05, 0) is 43.0 Å². The van der Waals surface area contributed by atoms with E-state index in [4.69, 9.17) is 4.74 Å². The van der Waals surface area contributed by atoms with Crippen LogP contribution in [0.5, 0.6) is 5.75 Å². The molecule has 2 N–H and O–H groups in total. The molecule has 1 aromatic carbocycles. The lowest BCUT2D eigenvalue weighted by atomic mass is 10.0. The van der Waals surface area contributed by atoms with E-state index in [-0.39, 0.29) is 30.9 Å². The lowest BCUT2D eigenvalue weighted by Gasteiger charge is -2.20. The van der Waals surface area contributed by atoms with Gasteiger partial charge in [0.05, 0.1) is 19.4 Å². The summed E-state index contributed by atoms with van der Waals surface area (Å²) in [4.78, 5) is 3.81. The highest BCUT2D eigenvalue weighted by Gasteiger charge is 2.30. The summed E-state index contributed by atoms with van der Waals surface area (Å²) in [5.74, 6) is 0.425. The lowest BCUT2D eigenvalue weighted by Crippen LogP contribution is -2.35. The monoisotopic (exact) mass is 388 g/mol. The number of rotatable bonds is 5. The Hall–Kier alpha value is -1.40. The van der Waals surface area contributed by atoms with E-state index in [2.05, 4.69) is 22.4 Å². The van der Waals surface area contributed by atoms with Crippen molar-refractivity contribution in [3.63, 3.8) is 0 Å². The van der Waals surface area contributed by atoms with Crippen molar-refractivity contribution in [2.24, 2.45) is 0 Å². The fourth-order valence-electron chi connectivity index (χ4n) is 3.13. The van der Waals surface area contributed by atoms with Gasteiger partial charge in [0, 0.05) is 23.8 Å². The van der Waals surface area contributed by atoms with Gasteiger partial charge in [0.25, 0.3) is 0 Å². The number of aliphatic hydroxyl groups excluding tert-OH is 1. The number of hydrogen-bond donors (Lipinski definition) is 2. The van der Waals surface area contributed by atoms with E-state index in [1.54, 1.807) is 7.11 Å². The van der Waals surface area contributed by atoms with Crippen LogP contribution in [-0.2, 0) is 6.42 Å². The van der Waals surface area contributed by atoms with Crippen molar-refractivity contribution in [2.45, 2.75) is 37.5 Å². The van der Waals surface area contributed by atoms with Crippen molar-refractivity contribution in [1.29, 1.82) is 0 Å². The summed E-state index contributed by atoms with van der Waals surface area (Å²) in [6.45, 7) is 0. The maximum absolute atomic E-state index is 13.2. The van der Waals surface area contributed by atoms with Crippen LogP contribution in [0.15, 0.2) is 42.7 Å². The minimum atomic E-state index is -0.737. The largest absolute Gasteiger partial charge is 0.497 e. The van der Waals surface area contributed by atoms with Gasteiger partial charge in [0.2, 0.25) is 0 Å². The van der Waals surface area contributed by atoms with Crippen LogP contribution < -0.4 is 10.1 Å². The number of ether oxygens (including phenoxy) is 1. The molecule has 138 valence electrons. The van der Waals surface area contributed by atoms with Gasteiger partial charge in [0.15, 0.2) is 0 Å². The SMILES string of the molecule is COc1ccc(C[C@@H]2CC[C@H]([C@H](O)c3cncc(F)c3)N2)cc1.Cl.Cl. The number of methoxy groups -OCH3 is 1. The Kier molecular flexibility index (Phi) is 8.59. The van der Waals surface area contributed by atoms with E-state index in [9.17, 15) is 9.50 Å². The molecule has 1 fully saturated rings. The molecule has 1 aromatic heterocycles. The van der Waals surface area contributed by atoms with Crippen LogP contribution in [0.3, 0.4) is 0 Å². The van der Waals surface area contributed by atoms with Crippen LogP contribution in [0.2, 0.25) is 0 Å². The second kappa shape index (κ2) is 9.92. The molecule has 0 bridgehead atoms. The second-order valence-corrected chi connectivity index (χ2v) is 5.98. The molecule has 4 nitrogen and oxygen atoms in total. The minimum absolute atomic E-state index is 0. The predicted molar refractivity (Wildman–Crippen MR) is 100 cm³/mol. The molecule has 2 heterocycles. The lowest BCUT2D eigenvalue weighted by molar-refractivity contribution is 0.134. The average Bonchev–Trinajstić information content (AvgIpc) is 3.03. The molecule has 0 saturated carbocycles. The molecular weight excluding hydrogens is 366 g/mol. The zero-order valence-electron chi connectivity index (χ0n) is 13.9. The number of aliphatic hydroxyl groups is 1. The number of aromatic nitrogens is 1. The summed E-state index contributed by atoms with van der Waals surface area (Å²) in [5, 5.41) is 13.9. The first-order valence-corrected chi connectivity index (χ1v) is 7.83. The number of nitrogens with one attached hydrogen (secondary N) is 1. The summed E-state index contributed by atoms with van der Waals surface area (Å²) >= 11 is 0. The van der Waals surface area contributed by atoms with Crippen LogP contribution in [0, 0.1) is 5.82 Å². The summed E-state index contributed by atoms with van der Waals surface area (Å²) in [5.41, 5.74) is 1.75. The van der Waals surface area contributed by atoms with Gasteiger partial charge in [-0.3, -0.25) is 4.98 Å². The van der Waals surface area contributed by atoms with E-state index < -0.39 is 11.9 Å². The van der Waals surface area contributed by atoms with E-state index in [0.29, 0.717) is 11.6 Å². The fraction of sp³-hybridized carbons (Fsp3) is 0.389. The van der Waals surface area contributed by atoms with Crippen molar-refractivity contribution in [1.82, 2.24) is 10.3 Å². The number of pyridine rings is 1. The second-order valence-electron chi connectivity index (χ2n) is 5.98. The number of nitrogens with zero attached hydrogens (tertiary/aromatic N) is 1. The molecule has 2 aromatic rings. The highest BCUT2D eigenvalue weighted by Crippen LogP contribution is 2.27. The van der Waals surface area contributed by atoms with Gasteiger partial charge in [-0.1, -0.05) is 12.1 Å². The van der Waals surface area contributed by atoms with Gasteiger partial charge in [-0.25, -0.2) is 4.39 Å². The Morgan fingerprint density at radius 1 is 1.24 bits per heavy atom. The van der Waals surface area contributed by atoms with Gasteiger partial charge >= 0.3 is 0 Å². The van der Waals surface area contributed by atoms with Crippen molar-refractivity contribution < 1.29 is 14.2 Å². The molecule has 0 radical (unpaired) electrons. The van der Waals surface area contributed by atoms with Crippen LogP contribution in [0.25, 0.3) is 0 Å². The van der Waals surface area contributed by atoms with Crippen LogP contribution in [0.1, 0.15) is 30.1 Å². The molecule has 1 aliphatic rings. The van der Waals surface area contributed by atoms with Gasteiger partial charge in [0.1, 0.15) is 11.6 Å². The van der Waals surface area contributed by atoms with E-state index in [0.717, 1.165) is 31.2 Å². The number of halogens is 3. The van der Waals surface area contributed by atoms with Gasteiger partial charge in [-0.2, -0.15) is 0 Å². The first-order valence-electron chi connectivity index (χ1n) is 7.83. The maximum atomic E-state index is 13.2. The molecular formula is C18H23Cl2FN2O2. The number of hydrogen-bond acceptors (Lipinski definition) is 4. The fourth-order valence-corrected chi connectivity index (χ4v) is 3.13. The smallest absolute Gasteiger partial charge is 0.141 e. The molecule has 25 heavy (non-hydrogen) atoms. The third-order valence-corrected chi connectivity index (χ3v) is 4.37. The third-order valence-electron chi connectivity index (χ3n) is 4.37. The Morgan fingerprint density at radius 2 is 1.96 bits per heavy atom. The first-order chi connectivity index (χ1) is 11.2. The Bertz CT molecular complexity index is 658. The Labute approximate surface area is 159 Å². The van der Waals surface area contributed by atoms with Crippen molar-refractivity contribution in [2.75, 3.05) is 7.11 Å². The minimum Gasteiger partial charge on any atom is -0.497 e. The van der Waals surface area contributed by atoms with Crippen molar-refractivity contribution in [3.05, 3.63) is 59.7 Å². The summed E-state index contributed by atoms with van der Waals surface area (Å²) < 4.78 is 18.4. The zero-order valence-corrected chi connectivity index (χ0v) is 15.5. The topological polar surface area (TPSA) is 54.4 Å². The van der Waals surface area contributed by atoms with Crippen LogP contribution in [-0.4, -0.2) is 29.3 Å². The first kappa shape index (κ1) is 21.6. The quantitative estimate of drug-likeness (QED) is 0.823. The zero-order chi connectivity index (χ0) is 16.2. The van der Waals surface area contributed by atoms with Crippen LogP contribution in [0.4, 0.5) is 4.39 Å². The molecule has 3 rings (SSSR count). The molecule has 0 spiro atoms. The van der Waals surface area contributed by atoms with E-state index in [1.807, 2.05) is 12.1 Å². The predicted octanol–water partition coefficient (Wildman–Crippen LogP) is 3.47. The van der Waals surface area contributed by atoms with Crippen LogP contribution >= 0.6 is 24.8 Å². The Morgan fingerprint density at radius 3 is 2.60 bits per heavy atom. The molecule has 0 aliphatic carbocycles. The summed E-state index contributed by atoms with van der Waals surface area (Å²) in [6, 6.07) is 9.60.